The van der Waals surface area contributed by atoms with Crippen molar-refractivity contribution in [2.45, 2.75) is 88.1 Å². The summed E-state index contributed by atoms with van der Waals surface area (Å²) in [4.78, 5) is 27.6. The molecule has 5 rings (SSSR count). The lowest BCUT2D eigenvalue weighted by Crippen LogP contribution is -2.54. The molecule has 0 amide bonds. The lowest BCUT2D eigenvalue weighted by molar-refractivity contribution is -0.176. The predicted octanol–water partition coefficient (Wildman–Crippen LogP) is 2.85. The van der Waals surface area contributed by atoms with Gasteiger partial charge in [-0.3, -0.25) is 4.90 Å². The minimum atomic E-state index is -1.99. The van der Waals surface area contributed by atoms with Crippen molar-refractivity contribution in [1.29, 1.82) is 0 Å². The molecule has 1 aliphatic carbocycles. The Balaban J connectivity index is 1.51. The summed E-state index contributed by atoms with van der Waals surface area (Å²) in [6, 6.07) is 4.14. The average Bonchev–Trinajstić information content (AvgIpc) is 3.26. The van der Waals surface area contributed by atoms with E-state index in [1.54, 1.807) is 21.0 Å². The standard InChI is InChI=1S/C29H39NO8/c1-28(2,33)8-5-9-29(34,10-13-31)27(32)38-26-23(35-3)15-19-6-4-11-30-12-7-18-14-21-22(37-17-36-21)16-20(18)24(26)25(19)30/h13-16,19,24-26,33-34H,4-12,17H2,1-3H3/t19-,24+,25-,26-,29-/m1/s1. The Morgan fingerprint density at radius 2 is 1.95 bits per heavy atom. The molecule has 9 nitrogen and oxygen atoms in total. The van der Waals surface area contributed by atoms with Crippen LogP contribution in [0.4, 0.5) is 0 Å². The molecule has 2 N–H and O–H groups in total. The molecule has 0 saturated carbocycles. The molecule has 1 aromatic rings. The second kappa shape index (κ2) is 10.5. The van der Waals surface area contributed by atoms with Crippen molar-refractivity contribution in [1.82, 2.24) is 4.90 Å². The summed E-state index contributed by atoms with van der Waals surface area (Å²) in [5.74, 6) is 1.10. The van der Waals surface area contributed by atoms with Gasteiger partial charge in [0.25, 0.3) is 0 Å². The molecule has 3 heterocycles. The number of carbonyl (C=O) groups excluding carboxylic acids is 2. The molecule has 0 radical (unpaired) electrons. The highest BCUT2D eigenvalue weighted by atomic mass is 16.7. The van der Waals surface area contributed by atoms with Crippen molar-refractivity contribution < 1.29 is 38.7 Å². The molecule has 0 spiro atoms. The summed E-state index contributed by atoms with van der Waals surface area (Å²) >= 11 is 0. The highest BCUT2D eigenvalue weighted by Crippen LogP contribution is 2.49. The third-order valence-electron chi connectivity index (χ3n) is 8.51. The molecule has 3 aliphatic heterocycles. The Kier molecular flexibility index (Phi) is 7.46. The fourth-order valence-corrected chi connectivity index (χ4v) is 6.64. The van der Waals surface area contributed by atoms with Crippen LogP contribution in [-0.4, -0.2) is 77.7 Å². The minimum Gasteiger partial charge on any atom is -0.497 e. The molecular formula is C29H39NO8. The number of hydrogen-bond donors (Lipinski definition) is 2. The van der Waals surface area contributed by atoms with Gasteiger partial charge in [0.2, 0.25) is 6.79 Å². The van der Waals surface area contributed by atoms with Crippen molar-refractivity contribution in [3.05, 3.63) is 35.1 Å². The number of piperidine rings is 1. The van der Waals surface area contributed by atoms with Gasteiger partial charge in [-0.2, -0.15) is 0 Å². The van der Waals surface area contributed by atoms with Crippen LogP contribution in [0, 0.1) is 5.92 Å². The number of methoxy groups -OCH3 is 1. The summed E-state index contributed by atoms with van der Waals surface area (Å²) in [7, 11) is 1.58. The molecule has 0 bridgehead atoms. The molecule has 208 valence electrons. The van der Waals surface area contributed by atoms with E-state index in [4.69, 9.17) is 18.9 Å². The third kappa shape index (κ3) is 5.16. The van der Waals surface area contributed by atoms with Gasteiger partial charge >= 0.3 is 5.97 Å². The van der Waals surface area contributed by atoms with E-state index < -0.39 is 23.3 Å². The molecule has 1 aromatic carbocycles. The van der Waals surface area contributed by atoms with Crippen molar-refractivity contribution in [3.63, 3.8) is 0 Å². The topological polar surface area (TPSA) is 115 Å². The molecule has 0 aromatic heterocycles. The second-order valence-corrected chi connectivity index (χ2v) is 11.7. The highest BCUT2D eigenvalue weighted by Gasteiger charge is 2.51. The van der Waals surface area contributed by atoms with E-state index in [-0.39, 0.29) is 37.5 Å². The molecule has 9 heteroatoms. The van der Waals surface area contributed by atoms with Gasteiger partial charge in [-0.05, 0) is 94.2 Å². The van der Waals surface area contributed by atoms with E-state index >= 15 is 0 Å². The molecule has 38 heavy (non-hydrogen) atoms. The largest absolute Gasteiger partial charge is 0.497 e. The van der Waals surface area contributed by atoms with Crippen LogP contribution in [0.3, 0.4) is 0 Å². The monoisotopic (exact) mass is 529 g/mol. The zero-order valence-electron chi connectivity index (χ0n) is 22.5. The average molecular weight is 530 g/mol. The number of aldehydes is 1. The van der Waals surface area contributed by atoms with Crippen molar-refractivity contribution in [2.75, 3.05) is 27.0 Å². The van der Waals surface area contributed by atoms with Crippen LogP contribution in [-0.2, 0) is 25.5 Å². The first-order valence-corrected chi connectivity index (χ1v) is 13.7. The number of nitrogens with zero attached hydrogens (tertiary/aromatic N) is 1. The van der Waals surface area contributed by atoms with Gasteiger partial charge < -0.3 is 34.0 Å². The first-order valence-electron chi connectivity index (χ1n) is 13.7. The summed E-state index contributed by atoms with van der Waals surface area (Å²) in [6.07, 6.45) is 5.11. The minimum absolute atomic E-state index is 0.00539. The first kappa shape index (κ1) is 27.0. The molecule has 1 saturated heterocycles. The first-order chi connectivity index (χ1) is 18.1. The number of carbonyl (C=O) groups is 2. The second-order valence-electron chi connectivity index (χ2n) is 11.7. The van der Waals surface area contributed by atoms with Crippen LogP contribution >= 0.6 is 0 Å². The summed E-state index contributed by atoms with van der Waals surface area (Å²) in [6.45, 7) is 5.35. The van der Waals surface area contributed by atoms with E-state index in [0.29, 0.717) is 30.6 Å². The number of benzene rings is 1. The van der Waals surface area contributed by atoms with Crippen LogP contribution in [0.25, 0.3) is 0 Å². The summed E-state index contributed by atoms with van der Waals surface area (Å²) < 4.78 is 23.3. The van der Waals surface area contributed by atoms with E-state index in [0.717, 1.165) is 49.2 Å². The summed E-state index contributed by atoms with van der Waals surface area (Å²) in [5, 5.41) is 21.4. The Hall–Kier alpha value is -2.62. The number of hydrogen-bond acceptors (Lipinski definition) is 9. The molecular weight excluding hydrogens is 490 g/mol. The fourth-order valence-electron chi connectivity index (χ4n) is 6.64. The van der Waals surface area contributed by atoms with Crippen LogP contribution < -0.4 is 9.47 Å². The maximum atomic E-state index is 13.6. The van der Waals surface area contributed by atoms with Gasteiger partial charge in [0.05, 0.1) is 12.7 Å². The van der Waals surface area contributed by atoms with E-state index in [1.165, 1.54) is 0 Å². The van der Waals surface area contributed by atoms with Crippen LogP contribution in [0.15, 0.2) is 24.0 Å². The lowest BCUT2D eigenvalue weighted by atomic mass is 9.71. The molecule has 0 unspecified atom stereocenters. The Labute approximate surface area is 223 Å². The Morgan fingerprint density at radius 3 is 2.66 bits per heavy atom. The van der Waals surface area contributed by atoms with Crippen LogP contribution in [0.1, 0.15) is 69.4 Å². The Morgan fingerprint density at radius 1 is 1.18 bits per heavy atom. The fraction of sp³-hybridized carbons (Fsp3) is 0.655. The lowest BCUT2D eigenvalue weighted by Gasteiger charge is -2.48. The zero-order chi connectivity index (χ0) is 27.1. The van der Waals surface area contributed by atoms with Crippen LogP contribution in [0.5, 0.6) is 11.5 Å². The van der Waals surface area contributed by atoms with E-state index in [1.807, 2.05) is 12.1 Å². The number of ether oxygens (including phenoxy) is 4. The SMILES string of the molecule is COC1=C[C@H]2CCCN3CCc4cc5c(cc4[C@@H]([C@@H]23)[C@@H]1OC(=O)[C@](O)(CC=O)CCCC(C)(C)O)OCO5. The van der Waals surface area contributed by atoms with Gasteiger partial charge in [0, 0.05) is 24.9 Å². The summed E-state index contributed by atoms with van der Waals surface area (Å²) in [5.41, 5.74) is -0.775. The normalized spacial score (nSPS) is 27.8. The van der Waals surface area contributed by atoms with Crippen molar-refractivity contribution in [3.8, 4) is 11.5 Å². The molecule has 5 atom stereocenters. The van der Waals surface area contributed by atoms with E-state index in [9.17, 15) is 19.8 Å². The van der Waals surface area contributed by atoms with Crippen molar-refractivity contribution >= 4 is 12.3 Å². The smallest absolute Gasteiger partial charge is 0.339 e. The quantitative estimate of drug-likeness (QED) is 0.368. The van der Waals surface area contributed by atoms with Gasteiger partial charge in [-0.25, -0.2) is 4.79 Å². The number of rotatable bonds is 9. The van der Waals surface area contributed by atoms with Gasteiger partial charge in [0.1, 0.15) is 12.0 Å². The Bertz CT molecular complexity index is 1090. The third-order valence-corrected chi connectivity index (χ3v) is 8.51. The maximum Gasteiger partial charge on any atom is 0.339 e. The van der Waals surface area contributed by atoms with Crippen LogP contribution in [0.2, 0.25) is 0 Å². The van der Waals surface area contributed by atoms with Crippen molar-refractivity contribution in [2.24, 2.45) is 5.92 Å². The van der Waals surface area contributed by atoms with Gasteiger partial charge in [-0.1, -0.05) is 0 Å². The highest BCUT2D eigenvalue weighted by molar-refractivity contribution is 5.82. The van der Waals surface area contributed by atoms with Gasteiger partial charge in [-0.15, -0.1) is 0 Å². The zero-order valence-corrected chi connectivity index (χ0v) is 22.5. The van der Waals surface area contributed by atoms with E-state index in [2.05, 4.69) is 11.0 Å². The number of aliphatic hydroxyl groups is 2. The maximum absolute atomic E-state index is 13.6. The van der Waals surface area contributed by atoms with Gasteiger partial charge in [0.15, 0.2) is 23.2 Å². The predicted molar refractivity (Wildman–Crippen MR) is 138 cm³/mol. The molecule has 4 aliphatic rings. The number of esters is 1. The molecule has 1 fully saturated rings. The number of fused-ring (bicyclic) bond motifs is 3.